The summed E-state index contributed by atoms with van der Waals surface area (Å²) in [4.78, 5) is 26.0. The van der Waals surface area contributed by atoms with Crippen molar-refractivity contribution >= 4 is 17.5 Å². The van der Waals surface area contributed by atoms with Gasteiger partial charge in [-0.25, -0.2) is 0 Å². The number of benzene rings is 2. The summed E-state index contributed by atoms with van der Waals surface area (Å²) in [5.74, 6) is -1.01. The maximum absolute atomic E-state index is 12.3. The second-order valence-electron chi connectivity index (χ2n) is 6.41. The van der Waals surface area contributed by atoms with Gasteiger partial charge in [-0.2, -0.15) is 0 Å². The van der Waals surface area contributed by atoms with E-state index in [0.717, 1.165) is 17.7 Å². The van der Waals surface area contributed by atoms with Crippen LogP contribution < -0.4 is 15.4 Å². The minimum absolute atomic E-state index is 0.0687. The lowest BCUT2D eigenvalue weighted by molar-refractivity contribution is -0.274. The van der Waals surface area contributed by atoms with Crippen LogP contribution in [0.2, 0.25) is 0 Å². The van der Waals surface area contributed by atoms with Gasteiger partial charge in [-0.15, -0.1) is 13.2 Å². The van der Waals surface area contributed by atoms with E-state index in [1.807, 2.05) is 30.3 Å². The van der Waals surface area contributed by atoms with Gasteiger partial charge in [0.05, 0.1) is 12.6 Å². The Morgan fingerprint density at radius 2 is 1.69 bits per heavy atom. The lowest BCUT2D eigenvalue weighted by atomic mass is 10.2. The van der Waals surface area contributed by atoms with Crippen molar-refractivity contribution in [2.45, 2.75) is 25.9 Å². The van der Waals surface area contributed by atoms with Crippen LogP contribution in [-0.2, 0) is 16.1 Å². The summed E-state index contributed by atoms with van der Waals surface area (Å²) in [6, 6.07) is 13.7. The third-order valence-electron chi connectivity index (χ3n) is 4.11. The highest BCUT2D eigenvalue weighted by atomic mass is 19.4. The summed E-state index contributed by atoms with van der Waals surface area (Å²) < 4.78 is 40.2. The normalized spacial score (nSPS) is 12.3. The molecule has 0 radical (unpaired) electrons. The molecular formula is C20H22F3N3O3. The molecule has 0 heterocycles. The number of ether oxygens (including phenoxy) is 1. The Balaban J connectivity index is 1.80. The van der Waals surface area contributed by atoms with Gasteiger partial charge >= 0.3 is 6.36 Å². The number of anilines is 1. The van der Waals surface area contributed by atoms with Crippen molar-refractivity contribution in [3.8, 4) is 5.75 Å². The van der Waals surface area contributed by atoms with Gasteiger partial charge in [-0.3, -0.25) is 14.5 Å². The Morgan fingerprint density at radius 1 is 1.07 bits per heavy atom. The van der Waals surface area contributed by atoms with Gasteiger partial charge in [-0.05, 0) is 43.8 Å². The van der Waals surface area contributed by atoms with E-state index in [2.05, 4.69) is 15.4 Å². The number of amides is 2. The summed E-state index contributed by atoms with van der Waals surface area (Å²) >= 11 is 0. The van der Waals surface area contributed by atoms with Crippen molar-refractivity contribution in [2.75, 3.05) is 18.9 Å². The minimum Gasteiger partial charge on any atom is -0.406 e. The first-order valence-corrected chi connectivity index (χ1v) is 8.81. The van der Waals surface area contributed by atoms with Gasteiger partial charge in [0.2, 0.25) is 11.8 Å². The quantitative estimate of drug-likeness (QED) is 0.703. The lowest BCUT2D eigenvalue weighted by Crippen LogP contribution is -2.45. The van der Waals surface area contributed by atoms with E-state index in [-0.39, 0.29) is 18.2 Å². The molecule has 0 aliphatic carbocycles. The molecule has 2 aromatic carbocycles. The summed E-state index contributed by atoms with van der Waals surface area (Å²) in [6.45, 7) is 1.99. The number of carbonyl (C=O) groups is 2. The fourth-order valence-corrected chi connectivity index (χ4v) is 2.44. The van der Waals surface area contributed by atoms with Crippen molar-refractivity contribution < 1.29 is 27.5 Å². The van der Waals surface area contributed by atoms with Crippen LogP contribution in [0.25, 0.3) is 0 Å². The Labute approximate surface area is 166 Å². The van der Waals surface area contributed by atoms with E-state index >= 15 is 0 Å². The number of hydrogen-bond acceptors (Lipinski definition) is 4. The standard InChI is InChI=1S/C20H22F3N3O3/c1-14(19(28)24-12-15-6-4-3-5-7-15)26(2)13-18(27)25-16-8-10-17(11-9-16)29-20(21,22)23/h3-11,14H,12-13H2,1-2H3,(H,24,28)(H,25,27)/t14-/m1/s1. The molecule has 29 heavy (non-hydrogen) atoms. The smallest absolute Gasteiger partial charge is 0.406 e. The van der Waals surface area contributed by atoms with Crippen molar-refractivity contribution in [1.29, 1.82) is 0 Å². The first kappa shape index (κ1) is 22.2. The fourth-order valence-electron chi connectivity index (χ4n) is 2.44. The van der Waals surface area contributed by atoms with Gasteiger partial charge in [0.15, 0.2) is 0 Å². The highest BCUT2D eigenvalue weighted by molar-refractivity contribution is 5.92. The molecule has 1 atom stereocenters. The first-order chi connectivity index (χ1) is 13.6. The molecule has 0 spiro atoms. The van der Waals surface area contributed by atoms with Gasteiger partial charge in [0.25, 0.3) is 0 Å². The molecule has 2 aromatic rings. The Hall–Kier alpha value is -3.07. The number of halogens is 3. The van der Waals surface area contributed by atoms with Gasteiger partial charge in [0.1, 0.15) is 5.75 Å². The van der Waals surface area contributed by atoms with Gasteiger partial charge < -0.3 is 15.4 Å². The summed E-state index contributed by atoms with van der Waals surface area (Å²) in [7, 11) is 1.63. The molecule has 2 N–H and O–H groups in total. The highest BCUT2D eigenvalue weighted by Gasteiger charge is 2.31. The molecule has 0 aromatic heterocycles. The number of hydrogen-bond donors (Lipinski definition) is 2. The van der Waals surface area contributed by atoms with E-state index < -0.39 is 18.3 Å². The summed E-state index contributed by atoms with van der Waals surface area (Å²) in [5, 5.41) is 5.37. The Kier molecular flexibility index (Phi) is 7.60. The number of likely N-dealkylation sites (N-methyl/N-ethyl adjacent to an activating group) is 1. The van der Waals surface area contributed by atoms with Crippen molar-refractivity contribution in [2.24, 2.45) is 0 Å². The van der Waals surface area contributed by atoms with Gasteiger partial charge in [0, 0.05) is 12.2 Å². The number of alkyl halides is 3. The third kappa shape index (κ3) is 7.82. The topological polar surface area (TPSA) is 70.7 Å². The molecule has 2 rings (SSSR count). The molecule has 0 bridgehead atoms. The average molecular weight is 409 g/mol. The van der Waals surface area contributed by atoms with E-state index in [1.54, 1.807) is 18.9 Å². The zero-order chi connectivity index (χ0) is 21.4. The Bertz CT molecular complexity index is 811. The molecule has 0 unspecified atom stereocenters. The number of rotatable bonds is 8. The van der Waals surface area contributed by atoms with E-state index in [0.29, 0.717) is 12.2 Å². The number of nitrogens with zero attached hydrogens (tertiary/aromatic N) is 1. The lowest BCUT2D eigenvalue weighted by Gasteiger charge is -2.23. The first-order valence-electron chi connectivity index (χ1n) is 8.81. The van der Waals surface area contributed by atoms with Gasteiger partial charge in [-0.1, -0.05) is 30.3 Å². The fraction of sp³-hybridized carbons (Fsp3) is 0.300. The maximum Gasteiger partial charge on any atom is 0.573 e. The van der Waals surface area contributed by atoms with Crippen LogP contribution >= 0.6 is 0 Å². The predicted molar refractivity (Wildman–Crippen MR) is 102 cm³/mol. The molecule has 156 valence electrons. The molecule has 6 nitrogen and oxygen atoms in total. The van der Waals surface area contributed by atoms with Crippen LogP contribution in [-0.4, -0.2) is 42.7 Å². The van der Waals surface area contributed by atoms with E-state index in [1.165, 1.54) is 12.1 Å². The van der Waals surface area contributed by atoms with Crippen LogP contribution in [0.5, 0.6) is 5.75 Å². The number of nitrogens with one attached hydrogen (secondary N) is 2. The largest absolute Gasteiger partial charge is 0.573 e. The summed E-state index contributed by atoms with van der Waals surface area (Å²) in [6.07, 6.45) is -4.77. The highest BCUT2D eigenvalue weighted by Crippen LogP contribution is 2.23. The van der Waals surface area contributed by atoms with Crippen molar-refractivity contribution in [3.63, 3.8) is 0 Å². The van der Waals surface area contributed by atoms with E-state index in [4.69, 9.17) is 0 Å². The summed E-state index contributed by atoms with van der Waals surface area (Å²) in [5.41, 5.74) is 1.28. The van der Waals surface area contributed by atoms with Crippen LogP contribution in [0.1, 0.15) is 12.5 Å². The molecule has 0 aliphatic heterocycles. The molecular weight excluding hydrogens is 387 g/mol. The molecule has 0 aliphatic rings. The average Bonchev–Trinajstić information content (AvgIpc) is 2.66. The van der Waals surface area contributed by atoms with Crippen LogP contribution in [0.4, 0.5) is 18.9 Å². The van der Waals surface area contributed by atoms with Crippen LogP contribution in [0.3, 0.4) is 0 Å². The number of carbonyl (C=O) groups excluding carboxylic acids is 2. The Morgan fingerprint density at radius 3 is 2.28 bits per heavy atom. The molecule has 9 heteroatoms. The second-order valence-corrected chi connectivity index (χ2v) is 6.41. The minimum atomic E-state index is -4.77. The third-order valence-corrected chi connectivity index (χ3v) is 4.11. The second kappa shape index (κ2) is 9.92. The van der Waals surface area contributed by atoms with Crippen molar-refractivity contribution in [1.82, 2.24) is 10.2 Å². The van der Waals surface area contributed by atoms with Crippen LogP contribution in [0, 0.1) is 0 Å². The monoisotopic (exact) mass is 409 g/mol. The maximum atomic E-state index is 12.3. The zero-order valence-electron chi connectivity index (χ0n) is 16.0. The predicted octanol–water partition coefficient (Wildman–Crippen LogP) is 3.16. The van der Waals surface area contributed by atoms with Crippen molar-refractivity contribution in [3.05, 3.63) is 60.2 Å². The molecule has 0 fully saturated rings. The van der Waals surface area contributed by atoms with Crippen LogP contribution in [0.15, 0.2) is 54.6 Å². The zero-order valence-corrected chi connectivity index (χ0v) is 16.0. The molecule has 0 saturated carbocycles. The van der Waals surface area contributed by atoms with E-state index in [9.17, 15) is 22.8 Å². The molecule has 0 saturated heterocycles. The SMILES string of the molecule is C[C@H](C(=O)NCc1ccccc1)N(C)CC(=O)Nc1ccc(OC(F)(F)F)cc1. The molecule has 2 amide bonds.